The molecule has 8 nitrogen and oxygen atoms in total. The Hall–Kier alpha value is -2.59. The Balaban J connectivity index is 2.22. The van der Waals surface area contributed by atoms with Gasteiger partial charge >= 0.3 is 0 Å². The summed E-state index contributed by atoms with van der Waals surface area (Å²) in [6.07, 6.45) is 1.58. The molecular weight excluding hydrogens is 474 g/mol. The number of carbonyl (C=O) groups excluding carboxylic acids is 1. The van der Waals surface area contributed by atoms with E-state index in [0.717, 1.165) is 16.1 Å². The van der Waals surface area contributed by atoms with Gasteiger partial charge in [-0.25, -0.2) is 13.8 Å². The third kappa shape index (κ3) is 5.96. The standard InChI is InChI=1S/C20H24BrN3O5S/c1-5-16(14-10-11-18(28-2)19(12-14)29-3)22-23-20(25)13-24(30(4,26)27)17-9-7-6-8-15(17)21/h6-12H,5,13H2,1-4H3,(H,23,25)/b22-16-. The van der Waals surface area contributed by atoms with Gasteiger partial charge in [0.2, 0.25) is 10.0 Å². The maximum absolute atomic E-state index is 12.5. The zero-order chi connectivity index (χ0) is 22.3. The van der Waals surface area contributed by atoms with Gasteiger partial charge in [-0.2, -0.15) is 5.10 Å². The summed E-state index contributed by atoms with van der Waals surface area (Å²) in [4.78, 5) is 12.5. The first-order chi connectivity index (χ1) is 14.2. The van der Waals surface area contributed by atoms with E-state index in [0.29, 0.717) is 33.8 Å². The van der Waals surface area contributed by atoms with Crippen LogP contribution < -0.4 is 19.2 Å². The van der Waals surface area contributed by atoms with Gasteiger partial charge < -0.3 is 9.47 Å². The molecule has 0 aliphatic carbocycles. The number of hydrazone groups is 1. The fraction of sp³-hybridized carbons (Fsp3) is 0.300. The number of nitrogens with zero attached hydrogens (tertiary/aromatic N) is 2. The second kappa shape index (κ2) is 10.4. The monoisotopic (exact) mass is 497 g/mol. The van der Waals surface area contributed by atoms with Crippen molar-refractivity contribution in [1.29, 1.82) is 0 Å². The van der Waals surface area contributed by atoms with Crippen LogP contribution in [0.2, 0.25) is 0 Å². The fourth-order valence-electron chi connectivity index (χ4n) is 2.69. The van der Waals surface area contributed by atoms with Gasteiger partial charge in [0, 0.05) is 10.0 Å². The number of amides is 1. The van der Waals surface area contributed by atoms with E-state index in [9.17, 15) is 13.2 Å². The number of hydrogen-bond donors (Lipinski definition) is 1. The largest absolute Gasteiger partial charge is 0.493 e. The third-order valence-electron chi connectivity index (χ3n) is 4.18. The molecule has 0 aliphatic heterocycles. The van der Waals surface area contributed by atoms with E-state index < -0.39 is 22.5 Å². The van der Waals surface area contributed by atoms with E-state index in [1.54, 1.807) is 49.6 Å². The van der Waals surface area contributed by atoms with Crippen LogP contribution in [-0.4, -0.2) is 47.1 Å². The van der Waals surface area contributed by atoms with E-state index in [2.05, 4.69) is 26.5 Å². The van der Waals surface area contributed by atoms with E-state index in [-0.39, 0.29) is 0 Å². The smallest absolute Gasteiger partial charge is 0.260 e. The summed E-state index contributed by atoms with van der Waals surface area (Å²) in [7, 11) is -0.603. The van der Waals surface area contributed by atoms with Crippen molar-refractivity contribution in [2.45, 2.75) is 13.3 Å². The molecular formula is C20H24BrN3O5S. The van der Waals surface area contributed by atoms with Gasteiger partial charge in [-0.1, -0.05) is 19.1 Å². The minimum absolute atomic E-state index is 0.370. The Morgan fingerprint density at radius 2 is 1.80 bits per heavy atom. The molecule has 0 heterocycles. The summed E-state index contributed by atoms with van der Waals surface area (Å²) in [5, 5.41) is 4.18. The molecule has 0 aromatic heterocycles. The third-order valence-corrected chi connectivity index (χ3v) is 5.97. The number of hydrogen-bond acceptors (Lipinski definition) is 6. The number of methoxy groups -OCH3 is 2. The predicted molar refractivity (Wildman–Crippen MR) is 121 cm³/mol. The summed E-state index contributed by atoms with van der Waals surface area (Å²) >= 11 is 3.32. The minimum atomic E-state index is -3.68. The molecule has 0 aliphatic rings. The van der Waals surface area contributed by atoms with Crippen LogP contribution in [0.15, 0.2) is 52.0 Å². The van der Waals surface area contributed by atoms with Crippen molar-refractivity contribution in [1.82, 2.24) is 5.43 Å². The van der Waals surface area contributed by atoms with Gasteiger partial charge in [-0.05, 0) is 52.7 Å². The molecule has 0 saturated carbocycles. The highest BCUT2D eigenvalue weighted by Gasteiger charge is 2.22. The van der Waals surface area contributed by atoms with Crippen LogP contribution in [-0.2, 0) is 14.8 Å². The number of sulfonamides is 1. The van der Waals surface area contributed by atoms with Crippen LogP contribution in [0.1, 0.15) is 18.9 Å². The highest BCUT2D eigenvalue weighted by molar-refractivity contribution is 9.10. The lowest BCUT2D eigenvalue weighted by atomic mass is 10.1. The van der Waals surface area contributed by atoms with Crippen molar-refractivity contribution < 1.29 is 22.7 Å². The lowest BCUT2D eigenvalue weighted by Crippen LogP contribution is -2.39. The molecule has 10 heteroatoms. The number of halogens is 1. The number of para-hydroxylation sites is 1. The van der Waals surface area contributed by atoms with E-state index >= 15 is 0 Å². The number of nitrogens with one attached hydrogen (secondary N) is 1. The van der Waals surface area contributed by atoms with Crippen LogP contribution in [0.3, 0.4) is 0 Å². The second-order valence-corrected chi connectivity index (χ2v) is 9.00. The Morgan fingerprint density at radius 3 is 2.37 bits per heavy atom. The van der Waals surface area contributed by atoms with Gasteiger partial charge in [0.05, 0.1) is 31.9 Å². The fourth-order valence-corrected chi connectivity index (χ4v) is 4.18. The maximum Gasteiger partial charge on any atom is 0.260 e. The molecule has 2 rings (SSSR count). The Morgan fingerprint density at radius 1 is 1.13 bits per heavy atom. The van der Waals surface area contributed by atoms with Crippen molar-refractivity contribution in [2.24, 2.45) is 5.10 Å². The molecule has 162 valence electrons. The normalized spacial score (nSPS) is 11.7. The first-order valence-electron chi connectivity index (χ1n) is 9.01. The number of carbonyl (C=O) groups is 1. The van der Waals surface area contributed by atoms with Crippen LogP contribution in [0, 0.1) is 0 Å². The molecule has 0 fully saturated rings. The predicted octanol–water partition coefficient (Wildman–Crippen LogP) is 3.16. The maximum atomic E-state index is 12.5. The van der Waals surface area contributed by atoms with Crippen LogP contribution in [0.4, 0.5) is 5.69 Å². The molecule has 0 spiro atoms. The van der Waals surface area contributed by atoms with Gasteiger partial charge in [-0.3, -0.25) is 9.10 Å². The van der Waals surface area contributed by atoms with E-state index in [1.807, 2.05) is 6.92 Å². The molecule has 0 bridgehead atoms. The first kappa shape index (κ1) is 23.7. The zero-order valence-electron chi connectivity index (χ0n) is 17.2. The summed E-state index contributed by atoms with van der Waals surface area (Å²) < 4.78 is 36.6. The lowest BCUT2D eigenvalue weighted by Gasteiger charge is -2.22. The Labute approximate surface area is 185 Å². The zero-order valence-corrected chi connectivity index (χ0v) is 19.6. The van der Waals surface area contributed by atoms with Crippen molar-refractivity contribution in [3.05, 3.63) is 52.5 Å². The molecule has 0 radical (unpaired) electrons. The van der Waals surface area contributed by atoms with Gasteiger partial charge in [0.15, 0.2) is 11.5 Å². The molecule has 0 saturated heterocycles. The van der Waals surface area contributed by atoms with Crippen molar-refractivity contribution in [2.75, 3.05) is 31.3 Å². The highest BCUT2D eigenvalue weighted by atomic mass is 79.9. The summed E-state index contributed by atoms with van der Waals surface area (Å²) in [5.41, 5.74) is 4.17. The molecule has 1 N–H and O–H groups in total. The Kier molecular flexibility index (Phi) is 8.24. The van der Waals surface area contributed by atoms with Gasteiger partial charge in [0.1, 0.15) is 6.54 Å². The topological polar surface area (TPSA) is 97.3 Å². The molecule has 2 aromatic rings. The first-order valence-corrected chi connectivity index (χ1v) is 11.6. The summed E-state index contributed by atoms with van der Waals surface area (Å²) in [6, 6.07) is 12.1. The molecule has 1 amide bonds. The molecule has 30 heavy (non-hydrogen) atoms. The molecule has 0 unspecified atom stereocenters. The van der Waals surface area contributed by atoms with Crippen molar-refractivity contribution in [3.63, 3.8) is 0 Å². The number of benzene rings is 2. The minimum Gasteiger partial charge on any atom is -0.493 e. The van der Waals surface area contributed by atoms with Crippen LogP contribution in [0.25, 0.3) is 0 Å². The number of anilines is 1. The average molecular weight is 498 g/mol. The van der Waals surface area contributed by atoms with Crippen molar-refractivity contribution >= 4 is 43.3 Å². The molecule has 2 aromatic carbocycles. The van der Waals surface area contributed by atoms with Crippen LogP contribution in [0.5, 0.6) is 11.5 Å². The van der Waals surface area contributed by atoms with Gasteiger partial charge in [0.25, 0.3) is 5.91 Å². The number of ether oxygens (including phenoxy) is 2. The average Bonchev–Trinajstić information content (AvgIpc) is 2.72. The van der Waals surface area contributed by atoms with Gasteiger partial charge in [-0.15, -0.1) is 0 Å². The van der Waals surface area contributed by atoms with Crippen molar-refractivity contribution in [3.8, 4) is 11.5 Å². The lowest BCUT2D eigenvalue weighted by molar-refractivity contribution is -0.119. The van der Waals surface area contributed by atoms with E-state index in [1.165, 1.54) is 7.11 Å². The number of rotatable bonds is 9. The highest BCUT2D eigenvalue weighted by Crippen LogP contribution is 2.28. The van der Waals surface area contributed by atoms with Crippen LogP contribution >= 0.6 is 15.9 Å². The summed E-state index contributed by atoms with van der Waals surface area (Å²) in [6.45, 7) is 1.49. The summed E-state index contributed by atoms with van der Waals surface area (Å²) in [5.74, 6) is 0.556. The Bertz CT molecular complexity index is 1040. The molecule has 0 atom stereocenters. The second-order valence-electron chi connectivity index (χ2n) is 6.24. The SMILES string of the molecule is CC/C(=N/NC(=O)CN(c1ccccc1Br)S(C)(=O)=O)c1ccc(OC)c(OC)c1. The van der Waals surface area contributed by atoms with E-state index in [4.69, 9.17) is 9.47 Å². The quantitative estimate of drug-likeness (QED) is 0.423.